The van der Waals surface area contributed by atoms with E-state index in [1.807, 2.05) is 25.1 Å². The fourth-order valence-corrected chi connectivity index (χ4v) is 0.663. The molecule has 0 unspecified atom stereocenters. The highest BCUT2D eigenvalue weighted by molar-refractivity contribution is 5.02. The van der Waals surface area contributed by atoms with Crippen molar-refractivity contribution in [3.05, 3.63) is 36.3 Å². The van der Waals surface area contributed by atoms with E-state index in [4.69, 9.17) is 4.42 Å². The average Bonchev–Trinajstić information content (AvgIpc) is 2.34. The Morgan fingerprint density at radius 3 is 3.11 bits per heavy atom. The van der Waals surface area contributed by atoms with Crippen molar-refractivity contribution in [2.45, 2.75) is 13.3 Å². The van der Waals surface area contributed by atoms with Crippen LogP contribution in [0.1, 0.15) is 12.7 Å². The van der Waals surface area contributed by atoms with E-state index in [1.165, 1.54) is 0 Å². The van der Waals surface area contributed by atoms with Gasteiger partial charge in [-0.2, -0.15) is 0 Å². The highest BCUT2D eigenvalue weighted by atomic mass is 16.3. The molecule has 0 aromatic carbocycles. The van der Waals surface area contributed by atoms with Crippen LogP contribution in [0, 0.1) is 0 Å². The first kappa shape index (κ1) is 6.14. The van der Waals surface area contributed by atoms with Crippen LogP contribution in [-0.2, 0) is 6.42 Å². The van der Waals surface area contributed by atoms with E-state index >= 15 is 0 Å². The molecule has 0 saturated carbocycles. The summed E-state index contributed by atoms with van der Waals surface area (Å²) in [6.45, 7) is 2.00. The second-order valence-corrected chi connectivity index (χ2v) is 1.85. The summed E-state index contributed by atoms with van der Waals surface area (Å²) in [7, 11) is 0. The first-order valence-electron chi connectivity index (χ1n) is 3.07. The highest BCUT2D eigenvalue weighted by Crippen LogP contribution is 2.00. The molecule has 1 heterocycles. The lowest BCUT2D eigenvalue weighted by Crippen LogP contribution is -1.71. The summed E-state index contributed by atoms with van der Waals surface area (Å²) in [5.74, 6) is 1.02. The van der Waals surface area contributed by atoms with Crippen LogP contribution in [-0.4, -0.2) is 0 Å². The lowest BCUT2D eigenvalue weighted by molar-refractivity contribution is 0.523. The van der Waals surface area contributed by atoms with Crippen molar-refractivity contribution in [2.75, 3.05) is 0 Å². The molecule has 0 amide bonds. The number of rotatable bonds is 2. The molecule has 0 fully saturated rings. The Kier molecular flexibility index (Phi) is 2.13. The standard InChI is InChI=1S/C8H10O/c1-2-3-5-8-6-4-7-9-8/h2-4,6-7H,5H2,1H3. The second kappa shape index (κ2) is 3.13. The molecule has 0 atom stereocenters. The Morgan fingerprint density at radius 1 is 1.67 bits per heavy atom. The maximum atomic E-state index is 5.08. The van der Waals surface area contributed by atoms with E-state index in [-0.39, 0.29) is 0 Å². The molecule has 1 heteroatoms. The molecule has 1 rings (SSSR count). The third-order valence-electron chi connectivity index (χ3n) is 1.13. The molecule has 1 aromatic rings. The lowest BCUT2D eigenvalue weighted by atomic mass is 10.3. The average molecular weight is 122 g/mol. The third kappa shape index (κ3) is 1.76. The SMILES string of the molecule is CC=CCc1ccco1. The minimum atomic E-state index is 0.906. The monoisotopic (exact) mass is 122 g/mol. The number of allylic oxidation sites excluding steroid dienone is 2. The maximum Gasteiger partial charge on any atom is 0.107 e. The summed E-state index contributed by atoms with van der Waals surface area (Å²) >= 11 is 0. The van der Waals surface area contributed by atoms with E-state index in [9.17, 15) is 0 Å². The van der Waals surface area contributed by atoms with Gasteiger partial charge in [0.25, 0.3) is 0 Å². The molecular formula is C8H10O. The van der Waals surface area contributed by atoms with Crippen molar-refractivity contribution < 1.29 is 4.42 Å². The first-order chi connectivity index (χ1) is 4.43. The molecule has 0 radical (unpaired) electrons. The zero-order valence-corrected chi connectivity index (χ0v) is 5.50. The molecule has 9 heavy (non-hydrogen) atoms. The van der Waals surface area contributed by atoms with Crippen LogP contribution >= 0.6 is 0 Å². The van der Waals surface area contributed by atoms with Gasteiger partial charge >= 0.3 is 0 Å². The molecule has 0 aliphatic heterocycles. The Hall–Kier alpha value is -0.980. The number of hydrogen-bond donors (Lipinski definition) is 0. The Morgan fingerprint density at radius 2 is 2.56 bits per heavy atom. The zero-order chi connectivity index (χ0) is 6.53. The Balaban J connectivity index is 2.48. The van der Waals surface area contributed by atoms with E-state index < -0.39 is 0 Å². The van der Waals surface area contributed by atoms with Crippen molar-refractivity contribution >= 4 is 0 Å². The minimum absolute atomic E-state index is 0.906. The molecule has 0 bridgehead atoms. The summed E-state index contributed by atoms with van der Waals surface area (Å²) in [6, 6.07) is 3.87. The summed E-state index contributed by atoms with van der Waals surface area (Å²) in [6.07, 6.45) is 6.68. The van der Waals surface area contributed by atoms with Crippen molar-refractivity contribution in [1.82, 2.24) is 0 Å². The van der Waals surface area contributed by atoms with E-state index in [0.717, 1.165) is 12.2 Å². The molecular weight excluding hydrogens is 112 g/mol. The van der Waals surface area contributed by atoms with Gasteiger partial charge in [-0.05, 0) is 19.1 Å². The number of furan rings is 1. The van der Waals surface area contributed by atoms with Gasteiger partial charge in [-0.15, -0.1) is 0 Å². The Labute approximate surface area is 55.0 Å². The smallest absolute Gasteiger partial charge is 0.107 e. The van der Waals surface area contributed by atoms with Gasteiger partial charge in [0.05, 0.1) is 6.26 Å². The summed E-state index contributed by atoms with van der Waals surface area (Å²) < 4.78 is 5.08. The van der Waals surface area contributed by atoms with Crippen molar-refractivity contribution in [1.29, 1.82) is 0 Å². The fraction of sp³-hybridized carbons (Fsp3) is 0.250. The summed E-state index contributed by atoms with van der Waals surface area (Å²) in [5, 5.41) is 0. The fourth-order valence-electron chi connectivity index (χ4n) is 0.663. The summed E-state index contributed by atoms with van der Waals surface area (Å²) in [5.41, 5.74) is 0. The molecule has 0 N–H and O–H groups in total. The molecule has 0 aliphatic carbocycles. The molecule has 48 valence electrons. The molecule has 0 aliphatic rings. The zero-order valence-electron chi connectivity index (χ0n) is 5.50. The van der Waals surface area contributed by atoms with Gasteiger partial charge in [-0.1, -0.05) is 12.2 Å². The first-order valence-corrected chi connectivity index (χ1v) is 3.07. The van der Waals surface area contributed by atoms with Crippen LogP contribution < -0.4 is 0 Å². The van der Waals surface area contributed by atoms with Gasteiger partial charge in [-0.3, -0.25) is 0 Å². The minimum Gasteiger partial charge on any atom is -0.469 e. The van der Waals surface area contributed by atoms with E-state index in [2.05, 4.69) is 6.08 Å². The van der Waals surface area contributed by atoms with Gasteiger partial charge in [0.15, 0.2) is 0 Å². The van der Waals surface area contributed by atoms with Crippen molar-refractivity contribution in [3.63, 3.8) is 0 Å². The topological polar surface area (TPSA) is 13.1 Å². The molecule has 1 nitrogen and oxygen atoms in total. The van der Waals surface area contributed by atoms with Gasteiger partial charge in [0.1, 0.15) is 5.76 Å². The largest absolute Gasteiger partial charge is 0.469 e. The second-order valence-electron chi connectivity index (χ2n) is 1.85. The van der Waals surface area contributed by atoms with E-state index in [0.29, 0.717) is 0 Å². The van der Waals surface area contributed by atoms with Crippen LogP contribution in [0.5, 0.6) is 0 Å². The molecule has 0 spiro atoms. The molecule has 1 aromatic heterocycles. The van der Waals surface area contributed by atoms with Gasteiger partial charge in [0.2, 0.25) is 0 Å². The highest BCUT2D eigenvalue weighted by Gasteiger charge is 1.87. The quantitative estimate of drug-likeness (QED) is 0.549. The van der Waals surface area contributed by atoms with E-state index in [1.54, 1.807) is 6.26 Å². The molecule has 0 saturated heterocycles. The van der Waals surface area contributed by atoms with Gasteiger partial charge in [-0.25, -0.2) is 0 Å². The Bertz CT molecular complexity index is 172. The van der Waals surface area contributed by atoms with Crippen LogP contribution in [0.4, 0.5) is 0 Å². The maximum absolute atomic E-state index is 5.08. The predicted octanol–water partition coefficient (Wildman–Crippen LogP) is 2.40. The summed E-state index contributed by atoms with van der Waals surface area (Å²) in [4.78, 5) is 0. The van der Waals surface area contributed by atoms with Gasteiger partial charge < -0.3 is 4.42 Å². The number of hydrogen-bond acceptors (Lipinski definition) is 1. The van der Waals surface area contributed by atoms with Gasteiger partial charge in [0, 0.05) is 6.42 Å². The lowest BCUT2D eigenvalue weighted by Gasteiger charge is -1.83. The van der Waals surface area contributed by atoms with Crippen LogP contribution in [0.15, 0.2) is 35.0 Å². The van der Waals surface area contributed by atoms with Crippen molar-refractivity contribution in [3.8, 4) is 0 Å². The third-order valence-corrected chi connectivity index (χ3v) is 1.13. The van der Waals surface area contributed by atoms with Crippen LogP contribution in [0.2, 0.25) is 0 Å². The van der Waals surface area contributed by atoms with Crippen molar-refractivity contribution in [2.24, 2.45) is 0 Å². The van der Waals surface area contributed by atoms with Crippen LogP contribution in [0.25, 0.3) is 0 Å². The predicted molar refractivity (Wildman–Crippen MR) is 37.2 cm³/mol. The van der Waals surface area contributed by atoms with Crippen LogP contribution in [0.3, 0.4) is 0 Å². The normalized spacial score (nSPS) is 10.8.